The van der Waals surface area contributed by atoms with Crippen LogP contribution in [0.5, 0.6) is 0 Å². The van der Waals surface area contributed by atoms with Crippen LogP contribution in [0.3, 0.4) is 0 Å². The van der Waals surface area contributed by atoms with E-state index in [0.717, 1.165) is 38.2 Å². The number of nitrogens with one attached hydrogen (secondary N) is 1. The van der Waals surface area contributed by atoms with Crippen molar-refractivity contribution in [3.8, 4) is 11.5 Å². The lowest BCUT2D eigenvalue weighted by Crippen LogP contribution is -2.57. The molecule has 0 atom stereocenters. The van der Waals surface area contributed by atoms with E-state index in [4.69, 9.17) is 4.42 Å². The van der Waals surface area contributed by atoms with E-state index in [9.17, 15) is 0 Å². The quantitative estimate of drug-likeness (QED) is 0.882. The third-order valence-electron chi connectivity index (χ3n) is 3.86. The van der Waals surface area contributed by atoms with E-state index in [-0.39, 0.29) is 0 Å². The van der Waals surface area contributed by atoms with Crippen LogP contribution in [-0.4, -0.2) is 40.8 Å². The predicted molar refractivity (Wildman–Crippen MR) is 81.8 cm³/mol. The molecule has 5 heteroatoms. The van der Waals surface area contributed by atoms with Crippen molar-refractivity contribution in [1.29, 1.82) is 0 Å². The number of hydrogen-bond donors (Lipinski definition) is 1. The molecule has 0 amide bonds. The minimum absolute atomic E-state index is 0.597. The number of aromatic nitrogens is 2. The smallest absolute Gasteiger partial charge is 0.247 e. The van der Waals surface area contributed by atoms with E-state index in [1.165, 1.54) is 5.56 Å². The van der Waals surface area contributed by atoms with Gasteiger partial charge in [-0.3, -0.25) is 4.90 Å². The summed E-state index contributed by atoms with van der Waals surface area (Å²) in [6.45, 7) is 8.17. The van der Waals surface area contributed by atoms with Crippen molar-refractivity contribution in [1.82, 2.24) is 20.4 Å². The lowest BCUT2D eigenvalue weighted by molar-refractivity contribution is 0.126. The van der Waals surface area contributed by atoms with Crippen LogP contribution in [0, 0.1) is 6.92 Å². The highest BCUT2D eigenvalue weighted by molar-refractivity contribution is 5.53. The van der Waals surface area contributed by atoms with Crippen molar-refractivity contribution < 1.29 is 4.42 Å². The molecule has 1 aromatic heterocycles. The highest BCUT2D eigenvalue weighted by Gasteiger charge is 2.25. The molecule has 0 aliphatic carbocycles. The van der Waals surface area contributed by atoms with E-state index in [0.29, 0.717) is 17.8 Å². The Morgan fingerprint density at radius 2 is 2.19 bits per heavy atom. The second kappa shape index (κ2) is 6.37. The highest BCUT2D eigenvalue weighted by Crippen LogP contribution is 2.20. The Kier molecular flexibility index (Phi) is 4.31. The summed E-state index contributed by atoms with van der Waals surface area (Å²) < 4.78 is 5.84. The van der Waals surface area contributed by atoms with Crippen molar-refractivity contribution in [3.05, 3.63) is 35.7 Å². The van der Waals surface area contributed by atoms with Crippen LogP contribution >= 0.6 is 0 Å². The van der Waals surface area contributed by atoms with Gasteiger partial charge in [0.2, 0.25) is 11.8 Å². The maximum Gasteiger partial charge on any atom is 0.247 e. The number of hydrogen-bond acceptors (Lipinski definition) is 5. The van der Waals surface area contributed by atoms with Gasteiger partial charge in [-0.25, -0.2) is 0 Å². The first-order valence-corrected chi connectivity index (χ1v) is 7.60. The summed E-state index contributed by atoms with van der Waals surface area (Å²) in [6.07, 6.45) is 1.13. The molecule has 1 N–H and O–H groups in total. The van der Waals surface area contributed by atoms with E-state index < -0.39 is 0 Å². The summed E-state index contributed by atoms with van der Waals surface area (Å²) in [4.78, 5) is 2.42. The van der Waals surface area contributed by atoms with Gasteiger partial charge < -0.3 is 9.73 Å². The van der Waals surface area contributed by atoms with Gasteiger partial charge in [0.05, 0.1) is 6.54 Å². The monoisotopic (exact) mass is 286 g/mol. The zero-order valence-electron chi connectivity index (χ0n) is 12.7. The number of benzene rings is 1. The molecule has 3 rings (SSSR count). The molecule has 21 heavy (non-hydrogen) atoms. The molecule has 0 unspecified atom stereocenters. The Morgan fingerprint density at radius 1 is 1.33 bits per heavy atom. The third kappa shape index (κ3) is 3.31. The van der Waals surface area contributed by atoms with Crippen LogP contribution in [0.1, 0.15) is 24.8 Å². The van der Waals surface area contributed by atoms with Crippen LogP contribution in [0.25, 0.3) is 11.5 Å². The Labute approximate surface area is 125 Å². The molecule has 1 aliphatic heterocycles. The lowest BCUT2D eigenvalue weighted by Gasteiger charge is -2.37. The average molecular weight is 286 g/mol. The summed E-state index contributed by atoms with van der Waals surface area (Å²) in [7, 11) is 0. The third-order valence-corrected chi connectivity index (χ3v) is 3.86. The molecule has 0 saturated carbocycles. The normalized spacial score (nSPS) is 15.4. The maximum atomic E-state index is 5.84. The SMILES string of the molecule is CCCN(Cc1nnc(-c2cccc(C)c2)o1)C1CNC1. The largest absolute Gasteiger partial charge is 0.419 e. The summed E-state index contributed by atoms with van der Waals surface area (Å²) in [5.74, 6) is 1.31. The van der Waals surface area contributed by atoms with Crippen molar-refractivity contribution in [3.63, 3.8) is 0 Å². The molecular weight excluding hydrogens is 264 g/mol. The van der Waals surface area contributed by atoms with Gasteiger partial charge in [0.15, 0.2) is 0 Å². The van der Waals surface area contributed by atoms with E-state index in [2.05, 4.69) is 46.4 Å². The number of rotatable bonds is 6. The van der Waals surface area contributed by atoms with Crippen molar-refractivity contribution in [2.75, 3.05) is 19.6 Å². The zero-order chi connectivity index (χ0) is 14.7. The van der Waals surface area contributed by atoms with Crippen LogP contribution in [0.15, 0.2) is 28.7 Å². The molecule has 1 fully saturated rings. The topological polar surface area (TPSA) is 54.2 Å². The summed E-state index contributed by atoms with van der Waals surface area (Å²) in [5, 5.41) is 11.7. The molecule has 0 spiro atoms. The Bertz CT molecular complexity index is 591. The van der Waals surface area contributed by atoms with Gasteiger partial charge in [-0.1, -0.05) is 24.6 Å². The van der Waals surface area contributed by atoms with Crippen LogP contribution < -0.4 is 5.32 Å². The first-order chi connectivity index (χ1) is 10.3. The van der Waals surface area contributed by atoms with Crippen molar-refractivity contribution >= 4 is 0 Å². The molecule has 1 saturated heterocycles. The first kappa shape index (κ1) is 14.2. The molecule has 5 nitrogen and oxygen atoms in total. The molecule has 1 aromatic carbocycles. The van der Waals surface area contributed by atoms with Crippen LogP contribution in [0.2, 0.25) is 0 Å². The second-order valence-electron chi connectivity index (χ2n) is 5.65. The minimum atomic E-state index is 0.597. The van der Waals surface area contributed by atoms with Crippen LogP contribution in [-0.2, 0) is 6.54 Å². The van der Waals surface area contributed by atoms with Gasteiger partial charge in [0.25, 0.3) is 0 Å². The molecule has 0 radical (unpaired) electrons. The Morgan fingerprint density at radius 3 is 2.86 bits per heavy atom. The van der Waals surface area contributed by atoms with Gasteiger partial charge in [-0.15, -0.1) is 10.2 Å². The predicted octanol–water partition coefficient (Wildman–Crippen LogP) is 2.23. The van der Waals surface area contributed by atoms with Gasteiger partial charge in [-0.2, -0.15) is 0 Å². The van der Waals surface area contributed by atoms with E-state index in [1.807, 2.05) is 12.1 Å². The minimum Gasteiger partial charge on any atom is -0.419 e. The second-order valence-corrected chi connectivity index (χ2v) is 5.65. The van der Waals surface area contributed by atoms with Crippen molar-refractivity contribution in [2.45, 2.75) is 32.9 Å². The average Bonchev–Trinajstić information content (AvgIpc) is 2.85. The fourth-order valence-corrected chi connectivity index (χ4v) is 2.60. The van der Waals surface area contributed by atoms with Gasteiger partial charge in [0, 0.05) is 24.7 Å². The fourth-order valence-electron chi connectivity index (χ4n) is 2.60. The number of aryl methyl sites for hydroxylation is 1. The Balaban J connectivity index is 1.71. The molecule has 1 aliphatic rings. The summed E-state index contributed by atoms with van der Waals surface area (Å²) >= 11 is 0. The molecule has 2 heterocycles. The van der Waals surface area contributed by atoms with E-state index in [1.54, 1.807) is 0 Å². The molecule has 0 bridgehead atoms. The molecular formula is C16H22N4O. The number of nitrogens with zero attached hydrogens (tertiary/aromatic N) is 3. The first-order valence-electron chi connectivity index (χ1n) is 7.60. The summed E-state index contributed by atoms with van der Waals surface area (Å²) in [5.41, 5.74) is 2.18. The Hall–Kier alpha value is -1.72. The lowest BCUT2D eigenvalue weighted by atomic mass is 10.1. The standard InChI is InChI=1S/C16H22N4O/c1-3-7-20(14-9-17-10-14)11-15-18-19-16(21-15)13-6-4-5-12(2)8-13/h4-6,8,14,17H,3,7,9-11H2,1-2H3. The van der Waals surface area contributed by atoms with Gasteiger partial charge >= 0.3 is 0 Å². The van der Waals surface area contributed by atoms with Gasteiger partial charge in [0.1, 0.15) is 0 Å². The molecule has 112 valence electrons. The van der Waals surface area contributed by atoms with Crippen molar-refractivity contribution in [2.24, 2.45) is 0 Å². The molecule has 2 aromatic rings. The van der Waals surface area contributed by atoms with Gasteiger partial charge in [-0.05, 0) is 32.0 Å². The maximum absolute atomic E-state index is 5.84. The summed E-state index contributed by atoms with van der Waals surface area (Å²) in [6, 6.07) is 8.74. The van der Waals surface area contributed by atoms with E-state index >= 15 is 0 Å². The fraction of sp³-hybridized carbons (Fsp3) is 0.500. The highest BCUT2D eigenvalue weighted by atomic mass is 16.4. The zero-order valence-corrected chi connectivity index (χ0v) is 12.7. The van der Waals surface area contributed by atoms with Crippen LogP contribution in [0.4, 0.5) is 0 Å².